The minimum Gasteiger partial charge on any atom is -0.493 e. The van der Waals surface area contributed by atoms with Crippen molar-refractivity contribution >= 4 is 22.4 Å². The number of hydrogen-bond donors (Lipinski definition) is 1. The van der Waals surface area contributed by atoms with E-state index in [-0.39, 0.29) is 11.7 Å². The van der Waals surface area contributed by atoms with Crippen LogP contribution in [0.25, 0.3) is 16.9 Å². The molecule has 0 aliphatic carbocycles. The molecule has 2 aromatic heterocycles. The summed E-state index contributed by atoms with van der Waals surface area (Å²) in [6.07, 6.45) is 0. The van der Waals surface area contributed by atoms with Gasteiger partial charge in [-0.15, -0.1) is 11.3 Å². The molecule has 31 heavy (non-hydrogen) atoms. The third-order valence-corrected chi connectivity index (χ3v) is 5.53. The average Bonchev–Trinajstić information content (AvgIpc) is 3.33. The summed E-state index contributed by atoms with van der Waals surface area (Å²) in [6.45, 7) is 6.07. The van der Waals surface area contributed by atoms with Crippen molar-refractivity contribution in [1.82, 2.24) is 14.8 Å². The molecule has 1 amide bonds. The minimum atomic E-state index is -0.325. The van der Waals surface area contributed by atoms with Gasteiger partial charge in [0.25, 0.3) is 5.91 Å². The summed E-state index contributed by atoms with van der Waals surface area (Å²) in [6, 6.07) is 13.6. The highest BCUT2D eigenvalue weighted by atomic mass is 32.1. The Kier molecular flexibility index (Phi) is 5.81. The van der Waals surface area contributed by atoms with Gasteiger partial charge >= 0.3 is 0 Å². The van der Waals surface area contributed by atoms with Crippen LogP contribution in [0.5, 0.6) is 5.75 Å². The van der Waals surface area contributed by atoms with Crippen LogP contribution in [0.3, 0.4) is 0 Å². The maximum atomic E-state index is 13.2. The number of carbonyl (C=O) groups is 1. The molecule has 0 saturated carbocycles. The van der Waals surface area contributed by atoms with Gasteiger partial charge in [0, 0.05) is 10.9 Å². The molecule has 0 radical (unpaired) electrons. The Hall–Kier alpha value is -3.52. The monoisotopic (exact) mass is 436 g/mol. The fraction of sp³-hybridized carbons (Fsp3) is 0.174. The third-order valence-electron chi connectivity index (χ3n) is 4.78. The van der Waals surface area contributed by atoms with Gasteiger partial charge in [-0.3, -0.25) is 10.1 Å². The summed E-state index contributed by atoms with van der Waals surface area (Å²) in [4.78, 5) is 17.5. The molecule has 158 valence electrons. The number of carbonyl (C=O) groups excluding carboxylic acids is 1. The predicted octanol–water partition coefficient (Wildman–Crippen LogP) is 5.40. The number of ether oxygens (including phenoxy) is 1. The van der Waals surface area contributed by atoms with E-state index in [0.717, 1.165) is 17.0 Å². The van der Waals surface area contributed by atoms with E-state index in [4.69, 9.17) is 4.74 Å². The van der Waals surface area contributed by atoms with Crippen molar-refractivity contribution in [3.8, 4) is 22.7 Å². The van der Waals surface area contributed by atoms with Crippen molar-refractivity contribution in [3.05, 3.63) is 76.7 Å². The maximum Gasteiger partial charge on any atom is 0.261 e. The molecular weight excluding hydrogens is 415 g/mol. The van der Waals surface area contributed by atoms with Crippen molar-refractivity contribution in [2.75, 3.05) is 11.9 Å². The Bertz CT molecular complexity index is 1230. The molecule has 0 aliphatic heterocycles. The molecule has 0 aliphatic rings. The normalized spacial score (nSPS) is 10.8. The molecule has 8 heteroatoms. The largest absolute Gasteiger partial charge is 0.493 e. The number of thiazole rings is 1. The van der Waals surface area contributed by atoms with Gasteiger partial charge in [0.05, 0.1) is 34.9 Å². The van der Waals surface area contributed by atoms with Crippen molar-refractivity contribution in [3.63, 3.8) is 0 Å². The summed E-state index contributed by atoms with van der Waals surface area (Å²) < 4.78 is 20.6. The van der Waals surface area contributed by atoms with E-state index in [9.17, 15) is 9.18 Å². The quantitative estimate of drug-likeness (QED) is 0.439. The van der Waals surface area contributed by atoms with Crippen LogP contribution in [0, 0.1) is 19.7 Å². The second-order valence-electron chi connectivity index (χ2n) is 6.86. The number of halogens is 1. The number of aromatic nitrogens is 3. The van der Waals surface area contributed by atoms with Crippen LogP contribution >= 0.6 is 11.3 Å². The summed E-state index contributed by atoms with van der Waals surface area (Å²) in [7, 11) is 0. The van der Waals surface area contributed by atoms with Crippen LogP contribution in [0.15, 0.2) is 53.9 Å². The topological polar surface area (TPSA) is 69.0 Å². The van der Waals surface area contributed by atoms with E-state index in [2.05, 4.69) is 15.4 Å². The lowest BCUT2D eigenvalue weighted by Crippen LogP contribution is -2.14. The van der Waals surface area contributed by atoms with Gasteiger partial charge in [0.1, 0.15) is 11.6 Å². The number of anilines is 1. The van der Waals surface area contributed by atoms with Crippen LogP contribution in [-0.2, 0) is 0 Å². The molecule has 1 N–H and O–H groups in total. The van der Waals surface area contributed by atoms with Crippen molar-refractivity contribution in [2.45, 2.75) is 20.8 Å². The van der Waals surface area contributed by atoms with Crippen LogP contribution in [-0.4, -0.2) is 27.3 Å². The van der Waals surface area contributed by atoms with Gasteiger partial charge < -0.3 is 4.74 Å². The molecule has 0 saturated heterocycles. The molecule has 0 unspecified atom stereocenters. The second kappa shape index (κ2) is 8.69. The molecule has 0 atom stereocenters. The average molecular weight is 437 g/mol. The summed E-state index contributed by atoms with van der Waals surface area (Å²) in [5.41, 5.74) is 4.01. The van der Waals surface area contributed by atoms with E-state index in [1.165, 1.54) is 23.5 Å². The zero-order chi connectivity index (χ0) is 22.0. The first-order chi connectivity index (χ1) is 15.0. The van der Waals surface area contributed by atoms with Gasteiger partial charge in [-0.2, -0.15) is 5.10 Å². The van der Waals surface area contributed by atoms with Gasteiger partial charge in [-0.1, -0.05) is 12.1 Å². The van der Waals surface area contributed by atoms with E-state index in [1.807, 2.05) is 43.5 Å². The molecule has 4 rings (SSSR count). The third kappa shape index (κ3) is 4.20. The highest BCUT2D eigenvalue weighted by Crippen LogP contribution is 2.32. The first kappa shape index (κ1) is 20.7. The highest BCUT2D eigenvalue weighted by Gasteiger charge is 2.21. The Labute approximate surface area is 183 Å². The van der Waals surface area contributed by atoms with Gasteiger partial charge in [-0.05, 0) is 57.2 Å². The summed E-state index contributed by atoms with van der Waals surface area (Å²) in [5, 5.41) is 9.70. The summed E-state index contributed by atoms with van der Waals surface area (Å²) in [5.74, 6) is 0.136. The predicted molar refractivity (Wildman–Crippen MR) is 120 cm³/mol. The smallest absolute Gasteiger partial charge is 0.261 e. The first-order valence-electron chi connectivity index (χ1n) is 9.79. The van der Waals surface area contributed by atoms with Gasteiger partial charge in [-0.25, -0.2) is 14.1 Å². The van der Waals surface area contributed by atoms with E-state index in [1.54, 1.807) is 23.7 Å². The molecule has 6 nitrogen and oxygen atoms in total. The summed E-state index contributed by atoms with van der Waals surface area (Å²) >= 11 is 1.34. The van der Waals surface area contributed by atoms with Gasteiger partial charge in [0.15, 0.2) is 5.13 Å². The molecule has 2 aromatic carbocycles. The SMILES string of the molecule is CCOc1ccccc1-c1csc(NC(=O)c2c(C)nn(-c3ccc(F)cc3)c2C)n1. The standard InChI is InChI=1S/C23H21FN4O2S/c1-4-30-20-8-6-5-7-18(20)19-13-31-23(25-19)26-22(29)21-14(2)27-28(15(21)3)17-11-9-16(24)10-12-17/h5-13H,4H2,1-3H3,(H,25,26,29). The van der Waals surface area contributed by atoms with E-state index >= 15 is 0 Å². The number of amides is 1. The van der Waals surface area contributed by atoms with Crippen molar-refractivity contribution < 1.29 is 13.9 Å². The minimum absolute atomic E-state index is 0.289. The lowest BCUT2D eigenvalue weighted by molar-refractivity contribution is 0.102. The van der Waals surface area contributed by atoms with Crippen LogP contribution in [0.1, 0.15) is 28.7 Å². The number of rotatable bonds is 6. The zero-order valence-corrected chi connectivity index (χ0v) is 18.2. The molecule has 0 bridgehead atoms. The number of nitrogens with zero attached hydrogens (tertiary/aromatic N) is 3. The van der Waals surface area contributed by atoms with Crippen molar-refractivity contribution in [2.24, 2.45) is 0 Å². The number of aryl methyl sites for hydroxylation is 1. The zero-order valence-electron chi connectivity index (χ0n) is 17.3. The molecule has 2 heterocycles. The number of nitrogens with one attached hydrogen (secondary N) is 1. The Balaban J connectivity index is 1.58. The van der Waals surface area contributed by atoms with Crippen LogP contribution < -0.4 is 10.1 Å². The Morgan fingerprint density at radius 1 is 1.16 bits per heavy atom. The molecular formula is C23H21FN4O2S. The van der Waals surface area contributed by atoms with E-state index < -0.39 is 0 Å². The molecule has 0 fully saturated rings. The number of hydrogen-bond acceptors (Lipinski definition) is 5. The highest BCUT2D eigenvalue weighted by molar-refractivity contribution is 7.14. The lowest BCUT2D eigenvalue weighted by atomic mass is 10.1. The number of para-hydroxylation sites is 1. The van der Waals surface area contributed by atoms with E-state index in [0.29, 0.717) is 34.4 Å². The lowest BCUT2D eigenvalue weighted by Gasteiger charge is -2.07. The molecule has 0 spiro atoms. The molecule has 4 aromatic rings. The maximum absolute atomic E-state index is 13.2. The van der Waals surface area contributed by atoms with Crippen LogP contribution in [0.2, 0.25) is 0 Å². The second-order valence-corrected chi connectivity index (χ2v) is 7.71. The van der Waals surface area contributed by atoms with Crippen LogP contribution in [0.4, 0.5) is 9.52 Å². The fourth-order valence-electron chi connectivity index (χ4n) is 3.38. The number of benzene rings is 2. The van der Waals surface area contributed by atoms with Gasteiger partial charge in [0.2, 0.25) is 0 Å². The van der Waals surface area contributed by atoms with Crippen molar-refractivity contribution in [1.29, 1.82) is 0 Å². The first-order valence-corrected chi connectivity index (χ1v) is 10.7. The Morgan fingerprint density at radius 2 is 1.90 bits per heavy atom. The Morgan fingerprint density at radius 3 is 2.65 bits per heavy atom. The fourth-order valence-corrected chi connectivity index (χ4v) is 4.08.